The SMILES string of the molecule is C[C@H](NC(=O)[C@H](C)NC(=O)[C@H](CCCN=C(N)N)NC(=O)[C@@H](N)CC(=O)O)C(=O)N[C@@H](C)C(=O)N[C@@H](Cc1cnc[nH]1)C(=O)N1CCC[C@H]1C(=O)N[C@@H](Cc1ccccc1)C(=O)O. The summed E-state index contributed by atoms with van der Waals surface area (Å²) in [5, 5.41) is 33.7. The van der Waals surface area contributed by atoms with E-state index in [0.717, 1.165) is 0 Å². The van der Waals surface area contributed by atoms with Crippen LogP contribution in [0.3, 0.4) is 0 Å². The molecule has 24 heteroatoms. The van der Waals surface area contributed by atoms with E-state index in [2.05, 4.69) is 46.9 Å². The highest BCUT2D eigenvalue weighted by molar-refractivity contribution is 5.97. The maximum Gasteiger partial charge on any atom is 0.326 e. The minimum atomic E-state index is -1.47. The highest BCUT2D eigenvalue weighted by Gasteiger charge is 2.40. The molecule has 8 atom stereocenters. The van der Waals surface area contributed by atoms with Crippen molar-refractivity contribution >= 4 is 59.2 Å². The van der Waals surface area contributed by atoms with Crippen LogP contribution in [0.4, 0.5) is 0 Å². The Kier molecular flexibility index (Phi) is 19.4. The molecule has 0 aliphatic carbocycles. The molecule has 2 heterocycles. The molecule has 3 rings (SSSR count). The quantitative estimate of drug-likeness (QED) is 0.0272. The summed E-state index contributed by atoms with van der Waals surface area (Å²) in [6.07, 6.45) is 2.93. The lowest BCUT2D eigenvalue weighted by Gasteiger charge is -2.30. The minimum Gasteiger partial charge on any atom is -0.481 e. The number of aromatic nitrogens is 2. The smallest absolute Gasteiger partial charge is 0.326 e. The number of benzene rings is 1. The molecule has 0 saturated carbocycles. The van der Waals surface area contributed by atoms with Gasteiger partial charge < -0.3 is 69.2 Å². The average Bonchev–Trinajstić information content (AvgIpc) is 3.94. The molecular formula is C39H57N13O11. The van der Waals surface area contributed by atoms with Crippen molar-refractivity contribution in [1.82, 2.24) is 46.8 Å². The first-order chi connectivity index (χ1) is 29.8. The summed E-state index contributed by atoms with van der Waals surface area (Å²) >= 11 is 0. The van der Waals surface area contributed by atoms with Crippen LogP contribution in [-0.2, 0) is 56.0 Å². The van der Waals surface area contributed by atoms with Gasteiger partial charge in [0.05, 0.1) is 18.8 Å². The van der Waals surface area contributed by atoms with Crippen LogP contribution in [0.1, 0.15) is 64.1 Å². The van der Waals surface area contributed by atoms with Crippen molar-refractivity contribution in [3.8, 4) is 0 Å². The molecule has 1 aliphatic rings. The highest BCUT2D eigenvalue weighted by atomic mass is 16.4. The van der Waals surface area contributed by atoms with Crippen LogP contribution in [0.25, 0.3) is 0 Å². The van der Waals surface area contributed by atoms with E-state index >= 15 is 0 Å². The van der Waals surface area contributed by atoms with E-state index in [4.69, 9.17) is 22.3 Å². The maximum absolute atomic E-state index is 14.1. The fraction of sp³-hybridized carbons (Fsp3) is 0.513. The number of rotatable bonds is 24. The van der Waals surface area contributed by atoms with E-state index in [9.17, 15) is 48.3 Å². The van der Waals surface area contributed by atoms with Crippen molar-refractivity contribution in [3.63, 3.8) is 0 Å². The zero-order valence-electron chi connectivity index (χ0n) is 35.2. The fourth-order valence-electron chi connectivity index (χ4n) is 6.45. The Bertz CT molecular complexity index is 1960. The molecule has 344 valence electrons. The molecule has 2 aromatic rings. The van der Waals surface area contributed by atoms with E-state index in [1.165, 1.54) is 38.2 Å². The molecule has 1 aromatic heterocycles. The normalized spacial score (nSPS) is 16.6. The minimum absolute atomic E-state index is 0.0162. The van der Waals surface area contributed by atoms with Crippen molar-refractivity contribution in [3.05, 3.63) is 54.1 Å². The molecule has 0 spiro atoms. The molecule has 0 unspecified atom stereocenters. The highest BCUT2D eigenvalue weighted by Crippen LogP contribution is 2.20. The van der Waals surface area contributed by atoms with Gasteiger partial charge in [-0.15, -0.1) is 0 Å². The van der Waals surface area contributed by atoms with E-state index in [1.807, 2.05) is 0 Å². The molecule has 1 aliphatic heterocycles. The zero-order valence-corrected chi connectivity index (χ0v) is 35.2. The number of guanidine groups is 1. The summed E-state index contributed by atoms with van der Waals surface area (Å²) in [7, 11) is 0. The van der Waals surface area contributed by atoms with Crippen molar-refractivity contribution < 1.29 is 53.4 Å². The Morgan fingerprint density at radius 3 is 1.94 bits per heavy atom. The van der Waals surface area contributed by atoms with Crippen LogP contribution in [0.15, 0.2) is 47.8 Å². The average molecular weight is 884 g/mol. The predicted molar refractivity (Wildman–Crippen MR) is 224 cm³/mol. The van der Waals surface area contributed by atoms with Crippen LogP contribution in [-0.4, -0.2) is 146 Å². The van der Waals surface area contributed by atoms with Gasteiger partial charge in [0.1, 0.15) is 42.3 Å². The van der Waals surface area contributed by atoms with Crippen LogP contribution in [0, 0.1) is 0 Å². The number of imidazole rings is 1. The third-order valence-electron chi connectivity index (χ3n) is 9.89. The number of hydrogen-bond acceptors (Lipinski definition) is 12. The topological polar surface area (TPSA) is 389 Å². The number of nitrogens with one attached hydrogen (secondary N) is 7. The number of hydrogen-bond donors (Lipinski definition) is 12. The lowest BCUT2D eigenvalue weighted by molar-refractivity contribution is -0.145. The van der Waals surface area contributed by atoms with E-state index in [1.54, 1.807) is 30.3 Å². The molecular weight excluding hydrogens is 827 g/mol. The Morgan fingerprint density at radius 1 is 0.794 bits per heavy atom. The van der Waals surface area contributed by atoms with Gasteiger partial charge in [0.15, 0.2) is 5.96 Å². The van der Waals surface area contributed by atoms with Gasteiger partial charge in [-0.2, -0.15) is 0 Å². The summed E-state index contributed by atoms with van der Waals surface area (Å²) < 4.78 is 0. The van der Waals surface area contributed by atoms with Gasteiger partial charge in [-0.05, 0) is 52.0 Å². The number of aliphatic carboxylic acids is 2. The van der Waals surface area contributed by atoms with Crippen molar-refractivity contribution in [1.29, 1.82) is 0 Å². The monoisotopic (exact) mass is 883 g/mol. The number of carboxylic acids is 2. The summed E-state index contributed by atoms with van der Waals surface area (Å²) in [5.41, 5.74) is 17.5. The second kappa shape index (κ2) is 24.4. The molecule has 24 nitrogen and oxygen atoms in total. The van der Waals surface area contributed by atoms with Gasteiger partial charge in [-0.3, -0.25) is 43.3 Å². The molecule has 0 radical (unpaired) electrons. The lowest BCUT2D eigenvalue weighted by Crippen LogP contribution is -2.59. The van der Waals surface area contributed by atoms with Gasteiger partial charge in [-0.25, -0.2) is 9.78 Å². The Balaban J connectivity index is 1.62. The van der Waals surface area contributed by atoms with Gasteiger partial charge >= 0.3 is 11.9 Å². The number of nitrogens with zero attached hydrogens (tertiary/aromatic N) is 3. The van der Waals surface area contributed by atoms with Crippen LogP contribution in [0.2, 0.25) is 0 Å². The molecule has 7 amide bonds. The van der Waals surface area contributed by atoms with Crippen LogP contribution < -0.4 is 49.1 Å². The zero-order chi connectivity index (χ0) is 46.8. The first kappa shape index (κ1) is 50.2. The number of aliphatic imine (C=N–C) groups is 1. The largest absolute Gasteiger partial charge is 0.481 e. The number of likely N-dealkylation sites (tertiary alicyclic amines) is 1. The Hall–Kier alpha value is -7.11. The number of carbonyl (C=O) groups excluding carboxylic acids is 7. The third kappa shape index (κ3) is 16.4. The summed E-state index contributed by atoms with van der Waals surface area (Å²) in [6, 6.07) is -1.31. The van der Waals surface area contributed by atoms with Gasteiger partial charge in [0.25, 0.3) is 0 Å². The summed E-state index contributed by atoms with van der Waals surface area (Å²) in [6.45, 7) is 4.22. The van der Waals surface area contributed by atoms with E-state index in [-0.39, 0.29) is 51.2 Å². The van der Waals surface area contributed by atoms with E-state index < -0.39 is 108 Å². The number of aromatic amines is 1. The number of carbonyl (C=O) groups is 9. The summed E-state index contributed by atoms with van der Waals surface area (Å²) in [5.74, 6) is -8.24. The van der Waals surface area contributed by atoms with Crippen molar-refractivity contribution in [2.75, 3.05) is 13.1 Å². The standard InChI is InChI=1S/C39H57N13O11/c1-20(46-32(56)21(2)48-35(59)26(11-7-13-44-39(41)42)49-34(58)25(40)17-30(53)54)31(55)47-22(3)33(57)50-27(16-24-18-43-19-45-24)37(61)52-14-8-12-29(52)36(60)51-28(38(62)63)15-23-9-5-4-6-10-23/h4-6,9-10,18-22,25-29H,7-8,11-17,40H2,1-3H3,(H,43,45)(H,46,56)(H,47,55)(H,48,59)(H,49,58)(H,50,57)(H,51,60)(H,53,54)(H,62,63)(H4,41,42,44)/t20-,21-,22-,25-,26-,27-,28-,29-/m0/s1. The fourth-order valence-corrected chi connectivity index (χ4v) is 6.45. The summed E-state index contributed by atoms with van der Waals surface area (Å²) in [4.78, 5) is 128. The molecule has 15 N–H and O–H groups in total. The van der Waals surface area contributed by atoms with Gasteiger partial charge in [0, 0.05) is 37.8 Å². The number of amides is 7. The molecule has 0 bridgehead atoms. The Labute approximate surface area is 362 Å². The predicted octanol–water partition coefficient (Wildman–Crippen LogP) is -3.91. The van der Waals surface area contributed by atoms with Crippen molar-refractivity contribution in [2.24, 2.45) is 22.2 Å². The number of carboxylic acid groups (broad SMARTS) is 2. The molecule has 1 fully saturated rings. The van der Waals surface area contributed by atoms with Crippen molar-refractivity contribution in [2.45, 2.75) is 114 Å². The molecule has 1 aromatic carbocycles. The first-order valence-electron chi connectivity index (χ1n) is 20.2. The third-order valence-corrected chi connectivity index (χ3v) is 9.89. The lowest BCUT2D eigenvalue weighted by atomic mass is 10.0. The molecule has 63 heavy (non-hydrogen) atoms. The van der Waals surface area contributed by atoms with E-state index in [0.29, 0.717) is 17.7 Å². The van der Waals surface area contributed by atoms with Gasteiger partial charge in [0.2, 0.25) is 41.4 Å². The molecule has 1 saturated heterocycles. The maximum atomic E-state index is 14.1. The van der Waals surface area contributed by atoms with Crippen LogP contribution in [0.5, 0.6) is 0 Å². The van der Waals surface area contributed by atoms with Gasteiger partial charge in [-0.1, -0.05) is 30.3 Å². The number of nitrogens with two attached hydrogens (primary N) is 3. The second-order valence-electron chi connectivity index (χ2n) is 15.0. The first-order valence-corrected chi connectivity index (χ1v) is 20.2. The van der Waals surface area contributed by atoms with Crippen LogP contribution >= 0.6 is 0 Å². The number of H-pyrrole nitrogens is 1. The Morgan fingerprint density at radius 2 is 1.38 bits per heavy atom. The second-order valence-corrected chi connectivity index (χ2v) is 15.0.